The quantitative estimate of drug-likeness (QED) is 0.620. The van der Waals surface area contributed by atoms with Crippen LogP contribution in [0.15, 0.2) is 72.8 Å². The number of aryl methyl sites for hydroxylation is 1. The molecule has 120 valence electrons. The van der Waals surface area contributed by atoms with Gasteiger partial charge in [0.05, 0.1) is 11.4 Å². The predicted molar refractivity (Wildman–Crippen MR) is 104 cm³/mol. The van der Waals surface area contributed by atoms with E-state index in [2.05, 4.69) is 90.4 Å². The lowest BCUT2D eigenvalue weighted by atomic mass is 9.96. The first kappa shape index (κ1) is 14.2. The molecule has 0 saturated heterocycles. The molecule has 0 radical (unpaired) electrons. The summed E-state index contributed by atoms with van der Waals surface area (Å²) in [5.74, 6) is 1.05. The Labute approximate surface area is 147 Å². The van der Waals surface area contributed by atoms with Crippen molar-refractivity contribution in [3.63, 3.8) is 0 Å². The minimum absolute atomic E-state index is 0.874. The molecule has 0 saturated carbocycles. The fourth-order valence-corrected chi connectivity index (χ4v) is 3.68. The third kappa shape index (κ3) is 2.22. The second-order valence-corrected chi connectivity index (χ2v) is 6.57. The molecule has 1 aromatic heterocycles. The number of imidazole rings is 1. The molecule has 2 heteroatoms. The zero-order valence-corrected chi connectivity index (χ0v) is 14.1. The van der Waals surface area contributed by atoms with Crippen LogP contribution >= 0.6 is 0 Å². The van der Waals surface area contributed by atoms with Gasteiger partial charge in [0.2, 0.25) is 0 Å². The average molecular weight is 322 g/mol. The normalized spacial score (nSPS) is 14.8. The van der Waals surface area contributed by atoms with E-state index in [1.54, 1.807) is 0 Å². The number of benzene rings is 2. The topological polar surface area (TPSA) is 17.8 Å². The van der Waals surface area contributed by atoms with Crippen molar-refractivity contribution in [2.75, 3.05) is 0 Å². The highest BCUT2D eigenvalue weighted by Crippen LogP contribution is 2.41. The fraction of sp³-hybridized carbons (Fsp3) is 0.0870. The van der Waals surface area contributed by atoms with Crippen molar-refractivity contribution >= 4 is 17.2 Å². The van der Waals surface area contributed by atoms with Crippen LogP contribution in [0.1, 0.15) is 22.5 Å². The number of allylic oxidation sites excluding steroid dienone is 5. The van der Waals surface area contributed by atoms with Crippen molar-refractivity contribution in [3.8, 4) is 11.4 Å². The van der Waals surface area contributed by atoms with E-state index in [4.69, 9.17) is 4.98 Å². The Balaban J connectivity index is 1.66. The first-order chi connectivity index (χ1) is 12.3. The van der Waals surface area contributed by atoms with E-state index >= 15 is 0 Å². The van der Waals surface area contributed by atoms with Crippen LogP contribution in [0.4, 0.5) is 0 Å². The van der Waals surface area contributed by atoms with Crippen LogP contribution in [0.25, 0.3) is 28.6 Å². The molecule has 0 fully saturated rings. The smallest absolute Gasteiger partial charge is 0.141 e. The summed E-state index contributed by atoms with van der Waals surface area (Å²) in [4.78, 5) is 4.94. The molecule has 2 heterocycles. The Morgan fingerprint density at radius 2 is 1.68 bits per heavy atom. The van der Waals surface area contributed by atoms with Gasteiger partial charge < -0.3 is 4.57 Å². The van der Waals surface area contributed by atoms with Crippen molar-refractivity contribution in [3.05, 3.63) is 95.3 Å². The van der Waals surface area contributed by atoms with Crippen molar-refractivity contribution in [2.45, 2.75) is 13.5 Å². The molecular weight excluding hydrogens is 304 g/mol. The molecule has 0 unspecified atom stereocenters. The Bertz CT molecular complexity index is 1050. The van der Waals surface area contributed by atoms with Gasteiger partial charge in [-0.05, 0) is 24.1 Å². The van der Waals surface area contributed by atoms with Crippen molar-refractivity contribution in [2.24, 2.45) is 0 Å². The summed E-state index contributed by atoms with van der Waals surface area (Å²) in [7, 11) is 0. The molecule has 0 atom stereocenters. The summed E-state index contributed by atoms with van der Waals surface area (Å²) in [6.45, 7) is 2.99. The SMILES string of the molecule is Cc1ccc(-c2nc3c4n2CC=C4C(c2ccccc2)=CC=C3)cc1. The Hall–Kier alpha value is -3.13. The van der Waals surface area contributed by atoms with Gasteiger partial charge in [-0.1, -0.05) is 78.4 Å². The lowest BCUT2D eigenvalue weighted by Crippen LogP contribution is -1.97. The van der Waals surface area contributed by atoms with Gasteiger partial charge >= 0.3 is 0 Å². The number of nitrogens with zero attached hydrogens (tertiary/aromatic N) is 2. The van der Waals surface area contributed by atoms with E-state index in [0.717, 1.165) is 18.1 Å². The van der Waals surface area contributed by atoms with Crippen LogP contribution in [0.5, 0.6) is 0 Å². The Morgan fingerprint density at radius 1 is 0.880 bits per heavy atom. The van der Waals surface area contributed by atoms with Gasteiger partial charge in [0, 0.05) is 17.7 Å². The molecule has 2 aromatic carbocycles. The molecule has 2 nitrogen and oxygen atoms in total. The van der Waals surface area contributed by atoms with Crippen LogP contribution in [0, 0.1) is 6.92 Å². The molecule has 0 spiro atoms. The van der Waals surface area contributed by atoms with Gasteiger partial charge in [0.15, 0.2) is 0 Å². The second kappa shape index (κ2) is 5.45. The van der Waals surface area contributed by atoms with Gasteiger partial charge in [-0.15, -0.1) is 0 Å². The lowest BCUT2D eigenvalue weighted by Gasteiger charge is -2.09. The maximum Gasteiger partial charge on any atom is 0.141 e. The Kier molecular flexibility index (Phi) is 3.10. The molecule has 0 bridgehead atoms. The minimum Gasteiger partial charge on any atom is -0.320 e. The van der Waals surface area contributed by atoms with Crippen LogP contribution in [-0.4, -0.2) is 9.55 Å². The first-order valence-corrected chi connectivity index (χ1v) is 8.63. The molecule has 3 aromatic rings. The van der Waals surface area contributed by atoms with Crippen molar-refractivity contribution in [1.29, 1.82) is 0 Å². The maximum atomic E-state index is 4.94. The second-order valence-electron chi connectivity index (χ2n) is 6.57. The monoisotopic (exact) mass is 322 g/mol. The third-order valence-corrected chi connectivity index (χ3v) is 4.93. The van der Waals surface area contributed by atoms with E-state index in [0.29, 0.717) is 0 Å². The average Bonchev–Trinajstić information content (AvgIpc) is 3.16. The number of aromatic nitrogens is 2. The molecule has 0 amide bonds. The van der Waals surface area contributed by atoms with Gasteiger partial charge in [-0.2, -0.15) is 0 Å². The molecular formula is C23H18N2. The van der Waals surface area contributed by atoms with Crippen LogP contribution in [-0.2, 0) is 6.54 Å². The van der Waals surface area contributed by atoms with Crippen molar-refractivity contribution < 1.29 is 0 Å². The standard InChI is InChI=1S/C23H18N2/c1-16-10-12-18(13-11-16)23-24-21-9-5-8-19(17-6-3-2-4-7-17)20-14-15-25(23)22(20)21/h2-14H,15H2,1H3. The summed E-state index contributed by atoms with van der Waals surface area (Å²) in [5.41, 5.74) is 8.54. The highest BCUT2D eigenvalue weighted by molar-refractivity contribution is 6.08. The predicted octanol–water partition coefficient (Wildman–Crippen LogP) is 5.37. The zero-order chi connectivity index (χ0) is 16.8. The Morgan fingerprint density at radius 3 is 2.48 bits per heavy atom. The maximum absolute atomic E-state index is 4.94. The number of hydrogen-bond acceptors (Lipinski definition) is 1. The summed E-state index contributed by atoms with van der Waals surface area (Å²) in [6.07, 6.45) is 8.76. The number of rotatable bonds is 2. The summed E-state index contributed by atoms with van der Waals surface area (Å²) in [6, 6.07) is 19.2. The third-order valence-electron chi connectivity index (χ3n) is 4.93. The summed E-state index contributed by atoms with van der Waals surface area (Å²) in [5, 5.41) is 0. The van der Waals surface area contributed by atoms with Gasteiger partial charge in [-0.25, -0.2) is 4.98 Å². The van der Waals surface area contributed by atoms with Crippen LogP contribution in [0.2, 0.25) is 0 Å². The van der Waals surface area contributed by atoms with Gasteiger partial charge in [0.25, 0.3) is 0 Å². The molecule has 2 aliphatic rings. The van der Waals surface area contributed by atoms with Gasteiger partial charge in [-0.3, -0.25) is 0 Å². The highest BCUT2D eigenvalue weighted by atomic mass is 15.1. The molecule has 1 aliphatic heterocycles. The van der Waals surface area contributed by atoms with Crippen LogP contribution in [0.3, 0.4) is 0 Å². The van der Waals surface area contributed by atoms with Crippen molar-refractivity contribution in [1.82, 2.24) is 9.55 Å². The first-order valence-electron chi connectivity index (χ1n) is 8.63. The largest absolute Gasteiger partial charge is 0.320 e. The summed E-state index contributed by atoms with van der Waals surface area (Å²) >= 11 is 0. The zero-order valence-electron chi connectivity index (χ0n) is 14.1. The molecule has 5 rings (SSSR count). The summed E-state index contributed by atoms with van der Waals surface area (Å²) < 4.78 is 2.34. The van der Waals surface area contributed by atoms with E-state index in [1.807, 2.05) is 0 Å². The minimum atomic E-state index is 0.874. The lowest BCUT2D eigenvalue weighted by molar-refractivity contribution is 0.847. The molecule has 0 N–H and O–H groups in total. The van der Waals surface area contributed by atoms with E-state index in [-0.39, 0.29) is 0 Å². The molecule has 25 heavy (non-hydrogen) atoms. The van der Waals surface area contributed by atoms with E-state index in [9.17, 15) is 0 Å². The highest BCUT2D eigenvalue weighted by Gasteiger charge is 2.27. The van der Waals surface area contributed by atoms with E-state index in [1.165, 1.54) is 33.5 Å². The van der Waals surface area contributed by atoms with Crippen LogP contribution < -0.4 is 0 Å². The number of hydrogen-bond donors (Lipinski definition) is 0. The molecule has 1 aliphatic carbocycles. The van der Waals surface area contributed by atoms with E-state index < -0.39 is 0 Å². The van der Waals surface area contributed by atoms with Gasteiger partial charge in [0.1, 0.15) is 5.82 Å². The fourth-order valence-electron chi connectivity index (χ4n) is 3.68.